The van der Waals surface area contributed by atoms with Crippen LogP contribution in [0.4, 0.5) is 0 Å². The molecule has 0 aromatic carbocycles. The van der Waals surface area contributed by atoms with Crippen LogP contribution in [0.2, 0.25) is 0 Å². The maximum Gasteiger partial charge on any atom is 0.227 e. The van der Waals surface area contributed by atoms with Crippen molar-refractivity contribution in [3.8, 4) is 0 Å². The molecule has 0 spiro atoms. The van der Waals surface area contributed by atoms with Gasteiger partial charge < -0.3 is 20.3 Å². The Labute approximate surface area is 109 Å². The zero-order valence-corrected chi connectivity index (χ0v) is 11.3. The quantitative estimate of drug-likeness (QED) is 0.753. The Kier molecular flexibility index (Phi) is 4.97. The van der Waals surface area contributed by atoms with Crippen LogP contribution in [0.15, 0.2) is 0 Å². The van der Waals surface area contributed by atoms with Crippen molar-refractivity contribution in [2.75, 3.05) is 53.0 Å². The number of rotatable bonds is 4. The van der Waals surface area contributed by atoms with E-state index in [4.69, 9.17) is 10.5 Å². The second-order valence-electron chi connectivity index (χ2n) is 5.53. The van der Waals surface area contributed by atoms with Gasteiger partial charge in [0.15, 0.2) is 0 Å². The van der Waals surface area contributed by atoms with Gasteiger partial charge in [-0.2, -0.15) is 0 Å². The standard InChI is InChI=1S/C13H25N3O2/c1-15-3-5-16(6-4-15)13(17)12(9-14)8-11-2-7-18-10-11/h11-12H,2-10,14H2,1H3. The maximum absolute atomic E-state index is 12.4. The lowest BCUT2D eigenvalue weighted by molar-refractivity contribution is -0.137. The molecule has 1 amide bonds. The molecule has 2 aliphatic rings. The monoisotopic (exact) mass is 255 g/mol. The summed E-state index contributed by atoms with van der Waals surface area (Å²) in [6, 6.07) is 0. The topological polar surface area (TPSA) is 58.8 Å². The summed E-state index contributed by atoms with van der Waals surface area (Å²) in [5, 5.41) is 0. The number of piperazine rings is 1. The van der Waals surface area contributed by atoms with Crippen LogP contribution >= 0.6 is 0 Å². The molecule has 2 rings (SSSR count). The third kappa shape index (κ3) is 3.43. The lowest BCUT2D eigenvalue weighted by atomic mass is 9.92. The SMILES string of the molecule is CN1CCN(C(=O)C(CN)CC2CCOC2)CC1. The van der Waals surface area contributed by atoms with Gasteiger partial charge in [0, 0.05) is 45.9 Å². The summed E-state index contributed by atoms with van der Waals surface area (Å²) in [6.45, 7) is 5.71. The summed E-state index contributed by atoms with van der Waals surface area (Å²) >= 11 is 0. The van der Waals surface area contributed by atoms with Crippen LogP contribution in [-0.4, -0.2) is 68.7 Å². The number of carbonyl (C=O) groups is 1. The fraction of sp³-hybridized carbons (Fsp3) is 0.923. The minimum atomic E-state index is -0.0138. The van der Waals surface area contributed by atoms with Crippen molar-refractivity contribution in [1.82, 2.24) is 9.80 Å². The average molecular weight is 255 g/mol. The zero-order valence-electron chi connectivity index (χ0n) is 11.3. The van der Waals surface area contributed by atoms with E-state index in [0.717, 1.165) is 52.2 Å². The van der Waals surface area contributed by atoms with Gasteiger partial charge in [-0.1, -0.05) is 0 Å². The van der Waals surface area contributed by atoms with E-state index in [0.29, 0.717) is 12.5 Å². The van der Waals surface area contributed by atoms with E-state index in [1.54, 1.807) is 0 Å². The Balaban J connectivity index is 1.84. The van der Waals surface area contributed by atoms with Crippen LogP contribution in [0.5, 0.6) is 0 Å². The second kappa shape index (κ2) is 6.50. The van der Waals surface area contributed by atoms with Crippen molar-refractivity contribution in [3.63, 3.8) is 0 Å². The van der Waals surface area contributed by atoms with Crippen molar-refractivity contribution < 1.29 is 9.53 Å². The number of hydrogen-bond donors (Lipinski definition) is 1. The molecule has 2 atom stereocenters. The molecule has 2 fully saturated rings. The van der Waals surface area contributed by atoms with Crippen LogP contribution < -0.4 is 5.73 Å². The molecule has 2 N–H and O–H groups in total. The molecule has 0 aromatic heterocycles. The third-order valence-corrected chi connectivity index (χ3v) is 4.09. The highest BCUT2D eigenvalue weighted by Crippen LogP contribution is 2.22. The Bertz CT molecular complexity index is 271. The molecule has 18 heavy (non-hydrogen) atoms. The van der Waals surface area contributed by atoms with Gasteiger partial charge in [0.2, 0.25) is 5.91 Å². The maximum atomic E-state index is 12.4. The molecule has 0 aliphatic carbocycles. The largest absolute Gasteiger partial charge is 0.381 e. The second-order valence-corrected chi connectivity index (χ2v) is 5.53. The van der Waals surface area contributed by atoms with Gasteiger partial charge >= 0.3 is 0 Å². The number of nitrogens with two attached hydrogens (primary N) is 1. The lowest BCUT2D eigenvalue weighted by Gasteiger charge is -2.34. The van der Waals surface area contributed by atoms with Crippen LogP contribution in [0.25, 0.3) is 0 Å². The van der Waals surface area contributed by atoms with Gasteiger partial charge in [0.25, 0.3) is 0 Å². The van der Waals surface area contributed by atoms with Crippen molar-refractivity contribution in [2.45, 2.75) is 12.8 Å². The van der Waals surface area contributed by atoms with Gasteiger partial charge in [0.1, 0.15) is 0 Å². The summed E-state index contributed by atoms with van der Waals surface area (Å²) < 4.78 is 5.37. The molecular weight excluding hydrogens is 230 g/mol. The summed E-state index contributed by atoms with van der Waals surface area (Å²) in [6.07, 6.45) is 1.97. The Morgan fingerprint density at radius 2 is 2.11 bits per heavy atom. The van der Waals surface area contributed by atoms with Crippen LogP contribution in [0.1, 0.15) is 12.8 Å². The molecule has 0 radical (unpaired) electrons. The zero-order chi connectivity index (χ0) is 13.0. The van der Waals surface area contributed by atoms with Crippen LogP contribution in [0, 0.1) is 11.8 Å². The Morgan fingerprint density at radius 1 is 1.39 bits per heavy atom. The highest BCUT2D eigenvalue weighted by molar-refractivity contribution is 5.79. The molecule has 2 aliphatic heterocycles. The van der Waals surface area contributed by atoms with Crippen LogP contribution in [0.3, 0.4) is 0 Å². The summed E-state index contributed by atoms with van der Waals surface area (Å²) in [5.41, 5.74) is 5.79. The number of likely N-dealkylation sites (N-methyl/N-ethyl adjacent to an activating group) is 1. The van der Waals surface area contributed by atoms with Crippen molar-refractivity contribution in [1.29, 1.82) is 0 Å². The molecule has 0 saturated carbocycles. The minimum Gasteiger partial charge on any atom is -0.381 e. The van der Waals surface area contributed by atoms with Crippen LogP contribution in [-0.2, 0) is 9.53 Å². The van der Waals surface area contributed by atoms with E-state index in [2.05, 4.69) is 11.9 Å². The highest BCUT2D eigenvalue weighted by atomic mass is 16.5. The summed E-state index contributed by atoms with van der Waals surface area (Å²) in [5.74, 6) is 0.757. The summed E-state index contributed by atoms with van der Waals surface area (Å²) in [4.78, 5) is 16.6. The van der Waals surface area contributed by atoms with E-state index in [1.165, 1.54) is 0 Å². The average Bonchev–Trinajstić information content (AvgIpc) is 2.89. The van der Waals surface area contributed by atoms with E-state index in [-0.39, 0.29) is 11.8 Å². The molecule has 2 unspecified atom stereocenters. The van der Waals surface area contributed by atoms with Crippen molar-refractivity contribution in [3.05, 3.63) is 0 Å². The first-order valence-electron chi connectivity index (χ1n) is 6.96. The first-order chi connectivity index (χ1) is 8.70. The van der Waals surface area contributed by atoms with E-state index >= 15 is 0 Å². The van der Waals surface area contributed by atoms with Gasteiger partial charge in [-0.3, -0.25) is 4.79 Å². The van der Waals surface area contributed by atoms with Gasteiger partial charge in [-0.15, -0.1) is 0 Å². The molecule has 5 heteroatoms. The molecule has 2 heterocycles. The molecule has 5 nitrogen and oxygen atoms in total. The Morgan fingerprint density at radius 3 is 2.67 bits per heavy atom. The third-order valence-electron chi connectivity index (χ3n) is 4.09. The first-order valence-corrected chi connectivity index (χ1v) is 6.96. The lowest BCUT2D eigenvalue weighted by Crippen LogP contribution is -2.50. The number of hydrogen-bond acceptors (Lipinski definition) is 4. The number of amides is 1. The van der Waals surface area contributed by atoms with E-state index in [9.17, 15) is 4.79 Å². The molecule has 0 bridgehead atoms. The smallest absolute Gasteiger partial charge is 0.227 e. The van der Waals surface area contributed by atoms with Gasteiger partial charge in [0.05, 0.1) is 5.92 Å². The number of nitrogens with zero attached hydrogens (tertiary/aromatic N) is 2. The predicted molar refractivity (Wildman–Crippen MR) is 70.2 cm³/mol. The molecule has 104 valence electrons. The summed E-state index contributed by atoms with van der Waals surface area (Å²) in [7, 11) is 2.10. The predicted octanol–water partition coefficient (Wildman–Crippen LogP) is -0.238. The normalized spacial score (nSPS) is 27.4. The molecule has 0 aromatic rings. The first kappa shape index (κ1) is 13.8. The minimum absolute atomic E-state index is 0.0138. The fourth-order valence-electron chi connectivity index (χ4n) is 2.75. The van der Waals surface area contributed by atoms with Gasteiger partial charge in [-0.25, -0.2) is 0 Å². The fourth-order valence-corrected chi connectivity index (χ4v) is 2.75. The Hall–Kier alpha value is -0.650. The highest BCUT2D eigenvalue weighted by Gasteiger charge is 2.29. The van der Waals surface area contributed by atoms with E-state index < -0.39 is 0 Å². The molecular formula is C13H25N3O2. The van der Waals surface area contributed by atoms with Gasteiger partial charge in [-0.05, 0) is 25.8 Å². The molecule has 2 saturated heterocycles. The van der Waals surface area contributed by atoms with E-state index in [1.807, 2.05) is 4.90 Å². The number of carbonyl (C=O) groups excluding carboxylic acids is 1. The number of ether oxygens (including phenoxy) is 1. The van der Waals surface area contributed by atoms with Crippen molar-refractivity contribution in [2.24, 2.45) is 17.6 Å². The van der Waals surface area contributed by atoms with Crippen molar-refractivity contribution >= 4 is 5.91 Å².